The molecule has 0 spiro atoms. The van der Waals surface area contributed by atoms with Crippen LogP contribution < -0.4 is 4.90 Å². The zero-order chi connectivity index (χ0) is 14.2. The van der Waals surface area contributed by atoms with E-state index in [1.165, 1.54) is 5.69 Å². The van der Waals surface area contributed by atoms with Gasteiger partial charge in [-0.1, -0.05) is 22.0 Å². The molecule has 0 amide bonds. The molecule has 0 aromatic heterocycles. The van der Waals surface area contributed by atoms with Gasteiger partial charge in [-0.2, -0.15) is 0 Å². The van der Waals surface area contributed by atoms with Crippen molar-refractivity contribution in [2.45, 2.75) is 45.5 Å². The Morgan fingerprint density at radius 3 is 2.68 bits per heavy atom. The zero-order valence-corrected chi connectivity index (χ0v) is 13.6. The smallest absolute Gasteiger partial charge is 0.0805 e. The molecule has 19 heavy (non-hydrogen) atoms. The minimum absolute atomic E-state index is 0.132. The fourth-order valence-corrected chi connectivity index (χ4v) is 3.40. The quantitative estimate of drug-likeness (QED) is 0.902. The lowest BCUT2D eigenvalue weighted by Gasteiger charge is -2.43. The lowest BCUT2D eigenvalue weighted by Crippen LogP contribution is -2.52. The normalized spacial score (nSPS) is 24.3. The molecule has 1 unspecified atom stereocenters. The van der Waals surface area contributed by atoms with Crippen molar-refractivity contribution in [3.8, 4) is 0 Å². The Labute approximate surface area is 123 Å². The van der Waals surface area contributed by atoms with Crippen molar-refractivity contribution < 1.29 is 9.84 Å². The summed E-state index contributed by atoms with van der Waals surface area (Å²) in [5, 5.41) is 9.67. The molecule has 1 saturated heterocycles. The van der Waals surface area contributed by atoms with Crippen LogP contribution in [0.5, 0.6) is 0 Å². The third-order valence-electron chi connectivity index (χ3n) is 3.37. The van der Waals surface area contributed by atoms with Crippen molar-refractivity contribution in [1.82, 2.24) is 0 Å². The van der Waals surface area contributed by atoms with Crippen molar-refractivity contribution in [3.63, 3.8) is 0 Å². The number of aliphatic hydroxyl groups is 1. The summed E-state index contributed by atoms with van der Waals surface area (Å²) in [7, 11) is 0. The molecular weight excluding hydrogens is 306 g/mol. The van der Waals surface area contributed by atoms with Gasteiger partial charge in [0.05, 0.1) is 17.8 Å². The van der Waals surface area contributed by atoms with E-state index in [1.54, 1.807) is 6.92 Å². The minimum Gasteiger partial charge on any atom is -0.389 e. The molecule has 0 bridgehead atoms. The number of nitrogens with zero attached hydrogens (tertiary/aromatic N) is 1. The number of halogens is 1. The molecule has 2 rings (SSSR count). The molecule has 106 valence electrons. The van der Waals surface area contributed by atoms with Gasteiger partial charge in [-0.05, 0) is 45.4 Å². The Balaban J connectivity index is 2.24. The van der Waals surface area contributed by atoms with Gasteiger partial charge in [0.25, 0.3) is 0 Å². The van der Waals surface area contributed by atoms with E-state index in [0.29, 0.717) is 0 Å². The van der Waals surface area contributed by atoms with Gasteiger partial charge in [0.15, 0.2) is 0 Å². The lowest BCUT2D eigenvalue weighted by atomic mass is 10.0. The predicted molar refractivity (Wildman–Crippen MR) is 81.6 cm³/mol. The second kappa shape index (κ2) is 5.43. The molecule has 1 fully saturated rings. The molecule has 1 aromatic carbocycles. The first kappa shape index (κ1) is 14.8. The Bertz CT molecular complexity index is 459. The predicted octanol–water partition coefficient (Wildman–Crippen LogP) is 3.51. The fourth-order valence-electron chi connectivity index (χ4n) is 2.70. The van der Waals surface area contributed by atoms with E-state index in [0.717, 1.165) is 23.1 Å². The van der Waals surface area contributed by atoms with E-state index < -0.39 is 6.10 Å². The molecule has 1 aliphatic heterocycles. The van der Waals surface area contributed by atoms with Crippen molar-refractivity contribution >= 4 is 21.6 Å². The van der Waals surface area contributed by atoms with Gasteiger partial charge in [-0.15, -0.1) is 0 Å². The van der Waals surface area contributed by atoms with Crippen LogP contribution in [0.2, 0.25) is 0 Å². The molecule has 0 saturated carbocycles. The monoisotopic (exact) mass is 327 g/mol. The summed E-state index contributed by atoms with van der Waals surface area (Å²) in [4.78, 5) is 2.34. The van der Waals surface area contributed by atoms with Crippen LogP contribution in [0, 0.1) is 0 Å². The van der Waals surface area contributed by atoms with Crippen LogP contribution in [0.4, 0.5) is 5.69 Å². The molecule has 0 radical (unpaired) electrons. The first-order valence-corrected chi connectivity index (χ1v) is 7.48. The first-order valence-electron chi connectivity index (χ1n) is 6.69. The molecule has 1 aromatic rings. The van der Waals surface area contributed by atoms with Gasteiger partial charge in [0, 0.05) is 23.2 Å². The molecule has 0 aliphatic carbocycles. The third-order valence-corrected chi connectivity index (χ3v) is 4.06. The highest BCUT2D eigenvalue weighted by molar-refractivity contribution is 9.10. The molecular formula is C15H22BrNO2. The number of benzene rings is 1. The molecule has 2 atom stereocenters. The second-order valence-corrected chi connectivity index (χ2v) is 6.80. The highest BCUT2D eigenvalue weighted by Gasteiger charge is 2.31. The first-order chi connectivity index (χ1) is 8.78. The van der Waals surface area contributed by atoms with Gasteiger partial charge in [0.1, 0.15) is 0 Å². The molecule has 1 N–H and O–H groups in total. The number of aliphatic hydroxyl groups excluding tert-OH is 1. The van der Waals surface area contributed by atoms with Gasteiger partial charge in [-0.25, -0.2) is 0 Å². The topological polar surface area (TPSA) is 32.7 Å². The Kier molecular flexibility index (Phi) is 4.23. The van der Waals surface area contributed by atoms with E-state index in [9.17, 15) is 5.11 Å². The average molecular weight is 328 g/mol. The van der Waals surface area contributed by atoms with E-state index in [1.807, 2.05) is 6.07 Å². The number of rotatable bonds is 2. The third kappa shape index (κ3) is 3.50. The van der Waals surface area contributed by atoms with Crippen molar-refractivity contribution in [1.29, 1.82) is 0 Å². The van der Waals surface area contributed by atoms with Crippen LogP contribution >= 0.6 is 15.9 Å². The summed E-state index contributed by atoms with van der Waals surface area (Å²) < 4.78 is 6.88. The summed E-state index contributed by atoms with van der Waals surface area (Å²) in [5.74, 6) is 0. The van der Waals surface area contributed by atoms with E-state index in [2.05, 4.69) is 53.7 Å². The largest absolute Gasteiger partial charge is 0.389 e. The average Bonchev–Trinajstić information content (AvgIpc) is 2.25. The number of hydrogen-bond acceptors (Lipinski definition) is 3. The van der Waals surface area contributed by atoms with Gasteiger partial charge < -0.3 is 14.7 Å². The molecule has 3 nitrogen and oxygen atoms in total. The van der Waals surface area contributed by atoms with E-state index in [4.69, 9.17) is 4.74 Å². The Hall–Kier alpha value is -0.580. The lowest BCUT2D eigenvalue weighted by molar-refractivity contribution is -0.0749. The van der Waals surface area contributed by atoms with Crippen LogP contribution in [0.3, 0.4) is 0 Å². The zero-order valence-electron chi connectivity index (χ0n) is 12.0. The number of morpholine rings is 1. The summed E-state index contributed by atoms with van der Waals surface area (Å²) in [5.41, 5.74) is 1.96. The highest BCUT2D eigenvalue weighted by atomic mass is 79.9. The highest BCUT2D eigenvalue weighted by Crippen LogP contribution is 2.31. The maximum atomic E-state index is 9.67. The maximum absolute atomic E-state index is 9.67. The summed E-state index contributed by atoms with van der Waals surface area (Å²) >= 11 is 3.54. The van der Waals surface area contributed by atoms with E-state index >= 15 is 0 Å². The van der Waals surface area contributed by atoms with Gasteiger partial charge in [-0.3, -0.25) is 0 Å². The van der Waals surface area contributed by atoms with Crippen LogP contribution in [-0.2, 0) is 4.74 Å². The number of anilines is 1. The summed E-state index contributed by atoms with van der Waals surface area (Å²) in [6.07, 6.45) is -0.234. The number of ether oxygens (including phenoxy) is 1. The summed E-state index contributed by atoms with van der Waals surface area (Å²) in [6, 6.07) is 6.13. The Morgan fingerprint density at radius 1 is 1.47 bits per heavy atom. The Morgan fingerprint density at radius 2 is 2.16 bits per heavy atom. The maximum Gasteiger partial charge on any atom is 0.0805 e. The van der Waals surface area contributed by atoms with Crippen molar-refractivity contribution in [3.05, 3.63) is 28.2 Å². The molecule has 4 heteroatoms. The van der Waals surface area contributed by atoms with E-state index in [-0.39, 0.29) is 11.7 Å². The fraction of sp³-hybridized carbons (Fsp3) is 0.600. The SMILES string of the molecule is CC1CN(c2ccc([C@@H](C)O)c(Br)c2)CC(C)(C)O1. The summed E-state index contributed by atoms with van der Waals surface area (Å²) in [6.45, 7) is 9.89. The minimum atomic E-state index is -0.455. The van der Waals surface area contributed by atoms with Crippen LogP contribution in [0.15, 0.2) is 22.7 Å². The van der Waals surface area contributed by atoms with Crippen LogP contribution in [-0.4, -0.2) is 29.9 Å². The molecule has 1 heterocycles. The standard InChI is InChI=1S/C15H22BrNO2/c1-10-8-17(9-15(3,4)19-10)12-5-6-13(11(2)18)14(16)7-12/h5-7,10-11,18H,8-9H2,1-4H3/t10?,11-/m1/s1. The van der Waals surface area contributed by atoms with Crippen molar-refractivity contribution in [2.75, 3.05) is 18.0 Å². The second-order valence-electron chi connectivity index (χ2n) is 5.95. The molecule has 1 aliphatic rings. The van der Waals surface area contributed by atoms with Crippen molar-refractivity contribution in [2.24, 2.45) is 0 Å². The van der Waals surface area contributed by atoms with Gasteiger partial charge in [0.2, 0.25) is 0 Å². The van der Waals surface area contributed by atoms with Crippen LogP contribution in [0.25, 0.3) is 0 Å². The van der Waals surface area contributed by atoms with Gasteiger partial charge >= 0.3 is 0 Å². The van der Waals surface area contributed by atoms with Crippen LogP contribution in [0.1, 0.15) is 39.4 Å². The number of hydrogen-bond donors (Lipinski definition) is 1.